The van der Waals surface area contributed by atoms with E-state index in [1.807, 2.05) is 0 Å². The van der Waals surface area contributed by atoms with E-state index >= 15 is 0 Å². The molecule has 0 atom stereocenters. The lowest BCUT2D eigenvalue weighted by Crippen LogP contribution is -2.36. The van der Waals surface area contributed by atoms with Gasteiger partial charge in [-0.15, -0.1) is 6.58 Å². The summed E-state index contributed by atoms with van der Waals surface area (Å²) in [6.45, 7) is 5.05. The third-order valence-electron chi connectivity index (χ3n) is 0.937. The molecule has 68 valence electrons. The van der Waals surface area contributed by atoms with Crippen LogP contribution in [0.3, 0.4) is 0 Å². The highest BCUT2D eigenvalue weighted by Crippen LogP contribution is 1.84. The maximum absolute atomic E-state index is 8.39. The van der Waals surface area contributed by atoms with Crippen molar-refractivity contribution in [2.45, 2.75) is 0 Å². The number of quaternary nitrogens is 1. The van der Waals surface area contributed by atoms with Gasteiger partial charge in [0.05, 0.1) is 27.7 Å². The van der Waals surface area contributed by atoms with Crippen LogP contribution >= 0.6 is 0 Å². The van der Waals surface area contributed by atoms with Crippen LogP contribution in [0.15, 0.2) is 12.7 Å². The summed E-state index contributed by atoms with van der Waals surface area (Å²) in [6, 6.07) is 0. The average Bonchev–Trinajstić information content (AvgIpc) is 1.86. The zero-order valence-electron chi connectivity index (χ0n) is 7.88. The molecule has 0 aliphatic rings. The fourth-order valence-corrected chi connectivity index (χ4v) is 0.300. The summed E-state index contributed by atoms with van der Waals surface area (Å²) >= 11 is 0. The average molecular weight is 161 g/mol. The third-order valence-corrected chi connectivity index (χ3v) is 0.937. The minimum Gasteiger partial charge on any atom is -0.391 e. The number of nitrogens with two attached hydrogens (primary N) is 1. The van der Waals surface area contributed by atoms with E-state index in [9.17, 15) is 0 Å². The lowest BCUT2D eigenvalue weighted by molar-refractivity contribution is -0.870. The van der Waals surface area contributed by atoms with Crippen molar-refractivity contribution < 1.29 is 9.59 Å². The summed E-state index contributed by atoms with van der Waals surface area (Å²) in [5.74, 6) is 0. The predicted molar refractivity (Wildman–Crippen MR) is 49.2 cm³/mol. The molecule has 0 aliphatic heterocycles. The molecule has 0 aromatic rings. The van der Waals surface area contributed by atoms with Crippen molar-refractivity contribution in [3.63, 3.8) is 0 Å². The Kier molecular flexibility index (Phi) is 9.29. The van der Waals surface area contributed by atoms with Gasteiger partial charge in [-0.3, -0.25) is 0 Å². The van der Waals surface area contributed by atoms with Gasteiger partial charge < -0.3 is 15.3 Å². The Morgan fingerprint density at radius 2 is 1.82 bits per heavy atom. The molecule has 0 spiro atoms. The van der Waals surface area contributed by atoms with E-state index in [0.717, 1.165) is 11.0 Å². The highest BCUT2D eigenvalue weighted by molar-refractivity contribution is 4.64. The maximum atomic E-state index is 8.39. The number of aliphatic hydroxyl groups excluding tert-OH is 1. The molecule has 0 amide bonds. The van der Waals surface area contributed by atoms with Gasteiger partial charge in [0.25, 0.3) is 0 Å². The van der Waals surface area contributed by atoms with Gasteiger partial charge in [-0.2, -0.15) is 0 Å². The first-order valence-corrected chi connectivity index (χ1v) is 3.70. The first-order valence-electron chi connectivity index (χ1n) is 3.70. The first kappa shape index (κ1) is 13.2. The van der Waals surface area contributed by atoms with Crippen LogP contribution in [0.5, 0.6) is 0 Å². The molecule has 0 radical (unpaired) electrons. The number of hydrogen-bond donors (Lipinski definition) is 2. The molecule has 0 saturated carbocycles. The van der Waals surface area contributed by atoms with Gasteiger partial charge >= 0.3 is 0 Å². The number of aliphatic hydroxyl groups is 1. The summed E-state index contributed by atoms with van der Waals surface area (Å²) < 4.78 is 0.844. The van der Waals surface area contributed by atoms with Crippen LogP contribution in [0.1, 0.15) is 0 Å². The lowest BCUT2D eigenvalue weighted by Gasteiger charge is -2.21. The standard InChI is InChI=1S/C5H14NO.C3H7N/c1-6(2,3)4-5-7;1-2-3-4/h7H,4-5H2,1-3H3;2H,1,3-4H2/q+1;. The topological polar surface area (TPSA) is 46.2 Å². The Labute approximate surface area is 69.7 Å². The molecule has 0 fully saturated rings. The van der Waals surface area contributed by atoms with Crippen molar-refractivity contribution in [3.05, 3.63) is 12.7 Å². The maximum Gasteiger partial charge on any atom is 0.101 e. The van der Waals surface area contributed by atoms with Crippen LogP contribution in [0.2, 0.25) is 0 Å². The second-order valence-electron chi connectivity index (χ2n) is 3.26. The first-order chi connectivity index (χ1) is 4.97. The fraction of sp³-hybridized carbons (Fsp3) is 0.750. The van der Waals surface area contributed by atoms with E-state index in [4.69, 9.17) is 10.8 Å². The minimum absolute atomic E-state index is 0.281. The van der Waals surface area contributed by atoms with Crippen molar-refractivity contribution in [1.82, 2.24) is 0 Å². The Hall–Kier alpha value is -0.380. The van der Waals surface area contributed by atoms with Crippen molar-refractivity contribution in [2.75, 3.05) is 40.8 Å². The van der Waals surface area contributed by atoms with Gasteiger partial charge in [0, 0.05) is 6.54 Å². The summed E-state index contributed by atoms with van der Waals surface area (Å²) in [5, 5.41) is 8.39. The Bertz CT molecular complexity index is 86.6. The molecule has 0 aromatic carbocycles. The molecule has 3 heteroatoms. The van der Waals surface area contributed by atoms with Crippen molar-refractivity contribution >= 4 is 0 Å². The molecule has 0 rings (SSSR count). The summed E-state index contributed by atoms with van der Waals surface area (Å²) in [4.78, 5) is 0. The number of hydrogen-bond acceptors (Lipinski definition) is 2. The number of rotatable bonds is 3. The van der Waals surface area contributed by atoms with Gasteiger partial charge in [-0.25, -0.2) is 0 Å². The highest BCUT2D eigenvalue weighted by atomic mass is 16.3. The minimum atomic E-state index is 0.281. The molecule has 0 unspecified atom stereocenters. The third kappa shape index (κ3) is 26.2. The van der Waals surface area contributed by atoms with E-state index in [1.54, 1.807) is 6.08 Å². The molecule has 3 N–H and O–H groups in total. The van der Waals surface area contributed by atoms with Crippen LogP contribution in [-0.2, 0) is 0 Å². The highest BCUT2D eigenvalue weighted by Gasteiger charge is 2.02. The smallest absolute Gasteiger partial charge is 0.101 e. The van der Waals surface area contributed by atoms with E-state index < -0.39 is 0 Å². The predicted octanol–water partition coefficient (Wildman–Crippen LogP) is -0.184. The summed E-state index contributed by atoms with van der Waals surface area (Å²) in [7, 11) is 6.16. The molecule has 11 heavy (non-hydrogen) atoms. The van der Waals surface area contributed by atoms with E-state index in [1.165, 1.54) is 0 Å². The fourth-order valence-electron chi connectivity index (χ4n) is 0.300. The largest absolute Gasteiger partial charge is 0.391 e. The van der Waals surface area contributed by atoms with Crippen LogP contribution < -0.4 is 5.73 Å². The number of nitrogens with zero attached hydrogens (tertiary/aromatic N) is 1. The van der Waals surface area contributed by atoms with E-state index in [2.05, 4.69) is 27.7 Å². The van der Waals surface area contributed by atoms with Gasteiger partial charge in [0.1, 0.15) is 6.54 Å². The molecule has 0 heterocycles. The molecular weight excluding hydrogens is 140 g/mol. The molecule has 0 saturated heterocycles. The van der Waals surface area contributed by atoms with Crippen molar-refractivity contribution in [2.24, 2.45) is 5.73 Å². The van der Waals surface area contributed by atoms with E-state index in [-0.39, 0.29) is 6.61 Å². The van der Waals surface area contributed by atoms with E-state index in [0.29, 0.717) is 6.54 Å². The van der Waals surface area contributed by atoms with Gasteiger partial charge in [0.2, 0.25) is 0 Å². The lowest BCUT2D eigenvalue weighted by atomic mass is 10.5. The zero-order chi connectivity index (χ0) is 9.33. The van der Waals surface area contributed by atoms with Crippen LogP contribution in [0.25, 0.3) is 0 Å². The SMILES string of the molecule is C=CCN.C[N+](C)(C)CCO. The van der Waals surface area contributed by atoms with Crippen LogP contribution in [0.4, 0.5) is 0 Å². The summed E-state index contributed by atoms with van der Waals surface area (Å²) in [5.41, 5.74) is 4.91. The molecule has 0 aliphatic carbocycles. The van der Waals surface area contributed by atoms with Crippen LogP contribution in [-0.4, -0.2) is 50.4 Å². The van der Waals surface area contributed by atoms with Gasteiger partial charge in [-0.1, -0.05) is 6.08 Å². The zero-order valence-corrected chi connectivity index (χ0v) is 7.88. The molecular formula is C8H21N2O+. The molecule has 0 aromatic heterocycles. The monoisotopic (exact) mass is 161 g/mol. The quantitative estimate of drug-likeness (QED) is 0.445. The summed E-state index contributed by atoms with van der Waals surface area (Å²) in [6.07, 6.45) is 1.65. The van der Waals surface area contributed by atoms with Crippen LogP contribution in [0, 0.1) is 0 Å². The Morgan fingerprint density at radius 3 is 1.82 bits per heavy atom. The normalized spacial score (nSPS) is 9.91. The van der Waals surface area contributed by atoms with Crippen molar-refractivity contribution in [3.8, 4) is 0 Å². The number of likely N-dealkylation sites (N-methyl/N-ethyl adjacent to an activating group) is 1. The van der Waals surface area contributed by atoms with Gasteiger partial charge in [0.15, 0.2) is 0 Å². The van der Waals surface area contributed by atoms with Gasteiger partial charge in [-0.05, 0) is 0 Å². The molecule has 0 bridgehead atoms. The molecule has 3 nitrogen and oxygen atoms in total. The van der Waals surface area contributed by atoms with Crippen molar-refractivity contribution in [1.29, 1.82) is 0 Å². The Morgan fingerprint density at radius 1 is 1.45 bits per heavy atom. The second kappa shape index (κ2) is 7.72. The Balaban J connectivity index is 0. The second-order valence-corrected chi connectivity index (χ2v) is 3.26.